The molecule has 15 heavy (non-hydrogen) atoms. The second-order valence-electron chi connectivity index (χ2n) is 4.92. The van der Waals surface area contributed by atoms with Crippen molar-refractivity contribution in [3.63, 3.8) is 0 Å². The monoisotopic (exact) mass is 211 g/mol. The van der Waals surface area contributed by atoms with Crippen LogP contribution in [-0.2, 0) is 4.79 Å². The molecule has 4 heteroatoms. The molecule has 0 aromatic heterocycles. The van der Waals surface area contributed by atoms with Crippen molar-refractivity contribution >= 4 is 5.91 Å². The highest BCUT2D eigenvalue weighted by Crippen LogP contribution is 2.18. The third kappa shape index (κ3) is 3.18. The molecule has 0 spiro atoms. The van der Waals surface area contributed by atoms with E-state index in [1.54, 1.807) is 0 Å². The zero-order valence-electron chi connectivity index (χ0n) is 9.62. The molecule has 2 aliphatic rings. The first-order valence-corrected chi connectivity index (χ1v) is 5.90. The second kappa shape index (κ2) is 4.49. The van der Waals surface area contributed by atoms with Gasteiger partial charge in [-0.15, -0.1) is 0 Å². The number of carbonyl (C=O) groups is 1. The zero-order chi connectivity index (χ0) is 10.8. The van der Waals surface area contributed by atoms with Gasteiger partial charge >= 0.3 is 0 Å². The molecule has 1 amide bonds. The standard InChI is InChI=1S/C11H21N3O/c1-8(11(15)13-9-3-4-9)12-10-5-6-14(2)7-10/h8-10,12H,3-7H2,1-2H3,(H,13,15). The number of carbonyl (C=O) groups excluding carboxylic acids is 1. The Bertz CT molecular complexity index is 240. The van der Waals surface area contributed by atoms with Crippen molar-refractivity contribution in [2.45, 2.75) is 44.3 Å². The lowest BCUT2D eigenvalue weighted by atomic mass is 10.2. The van der Waals surface area contributed by atoms with Gasteiger partial charge in [0.2, 0.25) is 5.91 Å². The average molecular weight is 211 g/mol. The van der Waals surface area contributed by atoms with Crippen molar-refractivity contribution in [2.24, 2.45) is 0 Å². The Morgan fingerprint density at radius 1 is 1.33 bits per heavy atom. The lowest BCUT2D eigenvalue weighted by Crippen LogP contribution is -2.47. The van der Waals surface area contributed by atoms with E-state index < -0.39 is 0 Å². The van der Waals surface area contributed by atoms with Gasteiger partial charge in [-0.3, -0.25) is 4.79 Å². The van der Waals surface area contributed by atoms with Crippen LogP contribution in [-0.4, -0.2) is 49.1 Å². The molecule has 2 N–H and O–H groups in total. The van der Waals surface area contributed by atoms with Gasteiger partial charge in [-0.25, -0.2) is 0 Å². The normalized spacial score (nSPS) is 29.1. The Morgan fingerprint density at radius 2 is 2.07 bits per heavy atom. The van der Waals surface area contributed by atoms with E-state index in [2.05, 4.69) is 22.6 Å². The lowest BCUT2D eigenvalue weighted by molar-refractivity contribution is -0.123. The molecule has 2 rings (SSSR count). The van der Waals surface area contributed by atoms with Gasteiger partial charge < -0.3 is 15.5 Å². The van der Waals surface area contributed by atoms with E-state index in [1.807, 2.05) is 6.92 Å². The Labute approximate surface area is 91.4 Å². The van der Waals surface area contributed by atoms with Crippen LogP contribution in [0.4, 0.5) is 0 Å². The number of hydrogen-bond donors (Lipinski definition) is 2. The third-order valence-electron chi connectivity index (χ3n) is 3.19. The summed E-state index contributed by atoms with van der Waals surface area (Å²) in [5.41, 5.74) is 0. The number of hydrogen-bond acceptors (Lipinski definition) is 3. The van der Waals surface area contributed by atoms with Gasteiger partial charge in [-0.05, 0) is 39.8 Å². The molecule has 2 unspecified atom stereocenters. The first-order chi connectivity index (χ1) is 7.15. The van der Waals surface area contributed by atoms with Crippen molar-refractivity contribution in [1.29, 1.82) is 0 Å². The fraction of sp³-hybridized carbons (Fsp3) is 0.909. The molecule has 1 saturated heterocycles. The maximum absolute atomic E-state index is 11.7. The third-order valence-corrected chi connectivity index (χ3v) is 3.19. The van der Waals surface area contributed by atoms with Crippen LogP contribution >= 0.6 is 0 Å². The fourth-order valence-corrected chi connectivity index (χ4v) is 2.05. The average Bonchev–Trinajstić information content (AvgIpc) is 2.90. The van der Waals surface area contributed by atoms with Gasteiger partial charge in [0.15, 0.2) is 0 Å². The van der Waals surface area contributed by atoms with Crippen molar-refractivity contribution < 1.29 is 4.79 Å². The molecule has 2 atom stereocenters. The molecule has 0 aromatic carbocycles. The van der Waals surface area contributed by atoms with E-state index in [4.69, 9.17) is 0 Å². The highest BCUT2D eigenvalue weighted by atomic mass is 16.2. The highest BCUT2D eigenvalue weighted by molar-refractivity contribution is 5.81. The molecule has 2 fully saturated rings. The minimum atomic E-state index is -0.0536. The molecule has 86 valence electrons. The lowest BCUT2D eigenvalue weighted by Gasteiger charge is -2.18. The summed E-state index contributed by atoms with van der Waals surface area (Å²) in [5, 5.41) is 6.41. The number of amides is 1. The molecule has 1 heterocycles. The molecule has 0 aromatic rings. The Kier molecular flexibility index (Phi) is 3.26. The van der Waals surface area contributed by atoms with Crippen LogP contribution in [0.1, 0.15) is 26.2 Å². The summed E-state index contributed by atoms with van der Waals surface area (Å²) in [5.74, 6) is 0.159. The summed E-state index contributed by atoms with van der Waals surface area (Å²) in [6.45, 7) is 4.14. The summed E-state index contributed by atoms with van der Waals surface area (Å²) in [7, 11) is 2.12. The van der Waals surface area contributed by atoms with Gasteiger partial charge in [0.25, 0.3) is 0 Å². The van der Waals surface area contributed by atoms with Crippen LogP contribution in [0.25, 0.3) is 0 Å². The van der Waals surface area contributed by atoms with Crippen LogP contribution in [0.2, 0.25) is 0 Å². The number of likely N-dealkylation sites (tertiary alicyclic amines) is 1. The molecular weight excluding hydrogens is 190 g/mol. The quantitative estimate of drug-likeness (QED) is 0.685. The SMILES string of the molecule is CC(NC1CCN(C)C1)C(=O)NC1CC1. The number of rotatable bonds is 4. The maximum atomic E-state index is 11.7. The topological polar surface area (TPSA) is 44.4 Å². The van der Waals surface area contributed by atoms with Crippen LogP contribution < -0.4 is 10.6 Å². The molecule has 4 nitrogen and oxygen atoms in total. The smallest absolute Gasteiger partial charge is 0.237 e. The minimum absolute atomic E-state index is 0.0536. The minimum Gasteiger partial charge on any atom is -0.352 e. The van der Waals surface area contributed by atoms with Crippen LogP contribution in [0.3, 0.4) is 0 Å². The summed E-state index contributed by atoms with van der Waals surface area (Å²) in [6.07, 6.45) is 3.47. The van der Waals surface area contributed by atoms with E-state index >= 15 is 0 Å². The van der Waals surface area contributed by atoms with E-state index in [1.165, 1.54) is 0 Å². The molecule has 0 bridgehead atoms. The fourth-order valence-electron chi connectivity index (χ4n) is 2.05. The van der Waals surface area contributed by atoms with Gasteiger partial charge in [-0.1, -0.05) is 0 Å². The van der Waals surface area contributed by atoms with E-state index in [9.17, 15) is 4.79 Å². The van der Waals surface area contributed by atoms with Gasteiger partial charge in [-0.2, -0.15) is 0 Å². The van der Waals surface area contributed by atoms with Crippen molar-refractivity contribution in [2.75, 3.05) is 20.1 Å². The van der Waals surface area contributed by atoms with Crippen LogP contribution in [0.15, 0.2) is 0 Å². The molecular formula is C11H21N3O. The van der Waals surface area contributed by atoms with E-state index in [-0.39, 0.29) is 11.9 Å². The summed E-state index contributed by atoms with van der Waals surface area (Å²) in [6, 6.07) is 0.894. The largest absolute Gasteiger partial charge is 0.352 e. The maximum Gasteiger partial charge on any atom is 0.237 e. The van der Waals surface area contributed by atoms with E-state index in [0.29, 0.717) is 12.1 Å². The second-order valence-corrected chi connectivity index (χ2v) is 4.92. The number of likely N-dealkylation sites (N-methyl/N-ethyl adjacent to an activating group) is 1. The Morgan fingerprint density at radius 3 is 2.60 bits per heavy atom. The van der Waals surface area contributed by atoms with Crippen LogP contribution in [0, 0.1) is 0 Å². The van der Waals surface area contributed by atoms with Crippen LogP contribution in [0.5, 0.6) is 0 Å². The highest BCUT2D eigenvalue weighted by Gasteiger charge is 2.27. The summed E-state index contributed by atoms with van der Waals surface area (Å²) < 4.78 is 0. The van der Waals surface area contributed by atoms with Gasteiger partial charge in [0, 0.05) is 18.6 Å². The predicted molar refractivity (Wildman–Crippen MR) is 59.7 cm³/mol. The van der Waals surface area contributed by atoms with Crippen molar-refractivity contribution in [1.82, 2.24) is 15.5 Å². The van der Waals surface area contributed by atoms with Gasteiger partial charge in [0.1, 0.15) is 0 Å². The van der Waals surface area contributed by atoms with E-state index in [0.717, 1.165) is 32.4 Å². The number of nitrogens with zero attached hydrogens (tertiary/aromatic N) is 1. The summed E-state index contributed by atoms with van der Waals surface area (Å²) in [4.78, 5) is 14.0. The Balaban J connectivity index is 1.70. The first kappa shape index (κ1) is 10.9. The van der Waals surface area contributed by atoms with Gasteiger partial charge in [0.05, 0.1) is 6.04 Å². The zero-order valence-corrected chi connectivity index (χ0v) is 9.62. The predicted octanol–water partition coefficient (Wildman–Crippen LogP) is -0.0528. The summed E-state index contributed by atoms with van der Waals surface area (Å²) >= 11 is 0. The molecule has 1 aliphatic heterocycles. The molecule has 1 saturated carbocycles. The van der Waals surface area contributed by atoms with Crippen molar-refractivity contribution in [3.8, 4) is 0 Å². The number of nitrogens with one attached hydrogen (secondary N) is 2. The van der Waals surface area contributed by atoms with Crippen molar-refractivity contribution in [3.05, 3.63) is 0 Å². The molecule has 1 aliphatic carbocycles. The molecule has 0 radical (unpaired) electrons. The Hall–Kier alpha value is -0.610. The first-order valence-electron chi connectivity index (χ1n) is 5.90.